The molecule has 0 aliphatic carbocycles. The van der Waals surface area contributed by atoms with Crippen LogP contribution in [0.15, 0.2) is 71.1 Å². The molecule has 1 aromatic heterocycles. The van der Waals surface area contributed by atoms with Crippen LogP contribution < -0.4 is 5.32 Å². The van der Waals surface area contributed by atoms with Gasteiger partial charge in [0, 0.05) is 48.9 Å². The number of hydrogen-bond donors (Lipinski definition) is 1. The van der Waals surface area contributed by atoms with Gasteiger partial charge in [-0.2, -0.15) is 0 Å². The van der Waals surface area contributed by atoms with Crippen molar-refractivity contribution < 1.29 is 18.7 Å². The molecule has 9 heteroatoms. The Bertz CT molecular complexity index is 1490. The molecular weight excluding hydrogens is 516 g/mol. The zero-order valence-electron chi connectivity index (χ0n) is 22.2. The molecule has 8 nitrogen and oxygen atoms in total. The highest BCUT2D eigenvalue weighted by atomic mass is 35.5. The number of oxazole rings is 1. The summed E-state index contributed by atoms with van der Waals surface area (Å²) in [6.07, 6.45) is -0.272. The summed E-state index contributed by atoms with van der Waals surface area (Å²) >= 11 is 5.96. The van der Waals surface area contributed by atoms with Crippen molar-refractivity contribution in [2.45, 2.75) is 32.9 Å². The van der Waals surface area contributed by atoms with Crippen LogP contribution in [-0.4, -0.2) is 58.6 Å². The molecule has 1 fully saturated rings. The van der Waals surface area contributed by atoms with Gasteiger partial charge in [0.15, 0.2) is 5.58 Å². The number of ether oxygens (including phenoxy) is 1. The van der Waals surface area contributed by atoms with Gasteiger partial charge in [0.05, 0.1) is 11.3 Å². The van der Waals surface area contributed by atoms with Gasteiger partial charge in [0.2, 0.25) is 5.89 Å². The van der Waals surface area contributed by atoms with Crippen LogP contribution in [0, 0.1) is 0 Å². The maximum atomic E-state index is 12.8. The van der Waals surface area contributed by atoms with Crippen molar-refractivity contribution in [3.63, 3.8) is 0 Å². The molecule has 0 atom stereocenters. The number of piperazine rings is 1. The Balaban J connectivity index is 1.31. The average molecular weight is 547 g/mol. The van der Waals surface area contributed by atoms with Crippen LogP contribution in [0.25, 0.3) is 22.6 Å². The first-order chi connectivity index (χ1) is 18.7. The fourth-order valence-corrected chi connectivity index (χ4v) is 4.60. The number of aromatic nitrogens is 1. The molecule has 0 unspecified atom stereocenters. The Morgan fingerprint density at radius 2 is 1.69 bits per heavy atom. The summed E-state index contributed by atoms with van der Waals surface area (Å²) in [7, 11) is 0. The molecule has 39 heavy (non-hydrogen) atoms. The van der Waals surface area contributed by atoms with Gasteiger partial charge in [-0.05, 0) is 63.2 Å². The summed E-state index contributed by atoms with van der Waals surface area (Å²) in [5, 5.41) is 3.53. The Kier molecular flexibility index (Phi) is 7.59. The number of nitrogens with one attached hydrogen (secondary N) is 1. The molecule has 1 aliphatic heterocycles. The van der Waals surface area contributed by atoms with Crippen molar-refractivity contribution in [1.82, 2.24) is 14.8 Å². The average Bonchev–Trinajstić information content (AvgIpc) is 3.34. The number of halogens is 1. The molecule has 1 aliphatic rings. The lowest BCUT2D eigenvalue weighted by Gasteiger charge is -2.35. The van der Waals surface area contributed by atoms with E-state index in [1.165, 1.54) is 0 Å². The number of carbonyl (C=O) groups excluding carboxylic acids is 2. The number of fused-ring (bicyclic) bond motifs is 1. The minimum atomic E-state index is -0.509. The second-order valence-corrected chi connectivity index (χ2v) is 11.0. The third kappa shape index (κ3) is 6.41. The van der Waals surface area contributed by atoms with Gasteiger partial charge in [-0.15, -0.1) is 0 Å². The van der Waals surface area contributed by atoms with Gasteiger partial charge in [-0.1, -0.05) is 35.9 Å². The monoisotopic (exact) mass is 546 g/mol. The molecule has 2 heterocycles. The van der Waals surface area contributed by atoms with Crippen molar-refractivity contribution >= 4 is 40.4 Å². The van der Waals surface area contributed by atoms with Crippen LogP contribution >= 0.6 is 11.6 Å². The molecule has 0 radical (unpaired) electrons. The van der Waals surface area contributed by atoms with E-state index in [9.17, 15) is 9.59 Å². The maximum absolute atomic E-state index is 12.8. The summed E-state index contributed by atoms with van der Waals surface area (Å²) in [4.78, 5) is 34.0. The summed E-state index contributed by atoms with van der Waals surface area (Å²) in [6.45, 7) is 8.97. The number of hydrogen-bond acceptors (Lipinski definition) is 6. The van der Waals surface area contributed by atoms with Crippen molar-refractivity contribution in [2.24, 2.45) is 0 Å². The van der Waals surface area contributed by atoms with Crippen molar-refractivity contribution in [1.29, 1.82) is 0 Å². The number of rotatable bonds is 5. The third-order valence-corrected chi connectivity index (χ3v) is 6.68. The highest BCUT2D eigenvalue weighted by Gasteiger charge is 2.26. The van der Waals surface area contributed by atoms with E-state index in [1.807, 2.05) is 63.2 Å². The molecule has 1 N–H and O–H groups in total. The lowest BCUT2D eigenvalue weighted by atomic mass is 10.1. The molecule has 4 aromatic rings. The molecule has 3 aromatic carbocycles. The fraction of sp³-hybridized carbons (Fsp3) is 0.300. The Morgan fingerprint density at radius 1 is 0.974 bits per heavy atom. The fourth-order valence-electron chi connectivity index (χ4n) is 4.48. The molecule has 0 bridgehead atoms. The largest absolute Gasteiger partial charge is 0.444 e. The normalized spacial score (nSPS) is 14.4. The first-order valence-corrected chi connectivity index (χ1v) is 13.3. The third-order valence-electron chi connectivity index (χ3n) is 6.43. The van der Waals surface area contributed by atoms with Gasteiger partial charge in [-0.3, -0.25) is 9.69 Å². The van der Waals surface area contributed by atoms with E-state index in [0.717, 1.165) is 24.2 Å². The van der Waals surface area contributed by atoms with Gasteiger partial charge in [-0.25, -0.2) is 9.78 Å². The van der Waals surface area contributed by atoms with E-state index >= 15 is 0 Å². The predicted molar refractivity (Wildman–Crippen MR) is 152 cm³/mol. The van der Waals surface area contributed by atoms with E-state index in [4.69, 9.17) is 25.7 Å². The van der Waals surface area contributed by atoms with E-state index in [2.05, 4.69) is 10.2 Å². The lowest BCUT2D eigenvalue weighted by Crippen LogP contribution is -2.49. The van der Waals surface area contributed by atoms with E-state index < -0.39 is 5.60 Å². The summed E-state index contributed by atoms with van der Waals surface area (Å²) in [6, 6.07) is 20.1. The van der Waals surface area contributed by atoms with Gasteiger partial charge in [0.1, 0.15) is 11.1 Å². The lowest BCUT2D eigenvalue weighted by molar-refractivity contribution is 0.0139. The zero-order chi connectivity index (χ0) is 27.6. The van der Waals surface area contributed by atoms with Crippen LogP contribution in [0.4, 0.5) is 10.5 Å². The Labute approximate surface area is 232 Å². The van der Waals surface area contributed by atoms with E-state index in [0.29, 0.717) is 52.9 Å². The zero-order valence-corrected chi connectivity index (χ0v) is 23.0. The van der Waals surface area contributed by atoms with Crippen LogP contribution in [-0.2, 0) is 11.3 Å². The van der Waals surface area contributed by atoms with Gasteiger partial charge < -0.3 is 19.4 Å². The molecule has 1 saturated heterocycles. The number of carbonyl (C=O) groups is 2. The van der Waals surface area contributed by atoms with Crippen LogP contribution in [0.5, 0.6) is 0 Å². The number of benzene rings is 3. The summed E-state index contributed by atoms with van der Waals surface area (Å²) in [5.41, 5.74) is 3.75. The molecule has 5 rings (SSSR count). The van der Waals surface area contributed by atoms with Gasteiger partial charge >= 0.3 is 6.09 Å². The highest BCUT2D eigenvalue weighted by Crippen LogP contribution is 2.32. The van der Waals surface area contributed by atoms with Crippen LogP contribution in [0.1, 0.15) is 36.7 Å². The minimum absolute atomic E-state index is 0.249. The second-order valence-electron chi connectivity index (χ2n) is 10.5. The first-order valence-electron chi connectivity index (χ1n) is 12.9. The first kappa shape index (κ1) is 26.7. The Hall–Kier alpha value is -3.88. The molecule has 202 valence electrons. The topological polar surface area (TPSA) is 87.9 Å². The molecule has 0 saturated carbocycles. The smallest absolute Gasteiger partial charge is 0.410 e. The summed E-state index contributed by atoms with van der Waals surface area (Å²) < 4.78 is 11.8. The Morgan fingerprint density at radius 3 is 2.41 bits per heavy atom. The second kappa shape index (κ2) is 11.1. The predicted octanol–water partition coefficient (Wildman–Crippen LogP) is 6.45. The van der Waals surface area contributed by atoms with Crippen LogP contribution in [0.3, 0.4) is 0 Å². The van der Waals surface area contributed by atoms with Gasteiger partial charge in [0.25, 0.3) is 5.91 Å². The van der Waals surface area contributed by atoms with Crippen molar-refractivity contribution in [3.05, 3.63) is 82.9 Å². The number of amides is 2. The molecule has 2 amide bonds. The quantitative estimate of drug-likeness (QED) is 0.309. The standard InChI is InChI=1S/C30H31ClN4O4/c1-30(2,3)39-29(37)35-17-15-34(16-18-35)19-21-7-6-10-25-26(21)38-28(33-25)23-8-4-5-9-24(23)32-27(36)20-11-13-22(31)14-12-20/h4-14H,15-19H2,1-3H3,(H,32,36). The SMILES string of the molecule is CC(C)(C)OC(=O)N1CCN(Cc2cccc3nc(-c4ccccc4NC(=O)c4ccc(Cl)cc4)oc23)CC1. The van der Waals surface area contributed by atoms with Crippen molar-refractivity contribution in [2.75, 3.05) is 31.5 Å². The summed E-state index contributed by atoms with van der Waals surface area (Å²) in [5.74, 6) is 0.181. The molecule has 0 spiro atoms. The minimum Gasteiger partial charge on any atom is -0.444 e. The number of anilines is 1. The number of nitrogens with zero attached hydrogens (tertiary/aromatic N) is 3. The maximum Gasteiger partial charge on any atom is 0.410 e. The van der Waals surface area contributed by atoms with Crippen molar-refractivity contribution in [3.8, 4) is 11.5 Å². The van der Waals surface area contributed by atoms with E-state index in [1.54, 1.807) is 29.2 Å². The highest BCUT2D eigenvalue weighted by molar-refractivity contribution is 6.30. The van der Waals surface area contributed by atoms with Crippen LogP contribution in [0.2, 0.25) is 5.02 Å². The number of para-hydroxylation sites is 2. The van der Waals surface area contributed by atoms with E-state index in [-0.39, 0.29) is 12.0 Å². The molecular formula is C30H31ClN4O4.